The normalized spacial score (nSPS) is 24.1. The van der Waals surface area contributed by atoms with E-state index in [2.05, 4.69) is 13.8 Å². The Labute approximate surface area is 126 Å². The highest BCUT2D eigenvalue weighted by Gasteiger charge is 2.33. The fourth-order valence-corrected chi connectivity index (χ4v) is 3.53. The molecule has 3 atom stereocenters. The molecule has 0 radical (unpaired) electrons. The Balaban J connectivity index is 2.48. The number of hydrogen-bond acceptors (Lipinski definition) is 3. The number of carbonyl (C=O) groups excluding carboxylic acids is 1. The van der Waals surface area contributed by atoms with Crippen LogP contribution in [0.25, 0.3) is 0 Å². The molecule has 0 saturated heterocycles. The molecule has 0 aliphatic heterocycles. The summed E-state index contributed by atoms with van der Waals surface area (Å²) in [5, 5.41) is 9.10. The number of carboxylic acid groups (broad SMARTS) is 1. The summed E-state index contributed by atoms with van der Waals surface area (Å²) in [5.74, 6) is 1.11. The van der Waals surface area contributed by atoms with E-state index >= 15 is 0 Å². The number of thioether (sulfide) groups is 1. The van der Waals surface area contributed by atoms with E-state index in [0.717, 1.165) is 30.8 Å². The van der Waals surface area contributed by atoms with Crippen molar-refractivity contribution in [2.24, 2.45) is 11.8 Å². The first-order chi connectivity index (χ1) is 9.47. The number of hydrogen-bond donors (Lipinski definition) is 1. The molecule has 1 saturated carbocycles. The molecule has 1 N–H and O–H groups in total. The lowest BCUT2D eigenvalue weighted by Crippen LogP contribution is -2.41. The molecule has 0 aromatic carbocycles. The molecular weight excluding hydrogens is 274 g/mol. The average Bonchev–Trinajstić information content (AvgIpc) is 2.45. The maximum Gasteiger partial charge on any atom is 0.306 e. The topological polar surface area (TPSA) is 57.6 Å². The lowest BCUT2D eigenvalue weighted by molar-refractivity contribution is -0.145. The Kier molecular flexibility index (Phi) is 7.41. The molecule has 1 rings (SSSR count). The van der Waals surface area contributed by atoms with Crippen LogP contribution >= 0.6 is 11.8 Å². The molecule has 0 aromatic heterocycles. The number of rotatable bonds is 7. The molecule has 1 aliphatic carbocycles. The van der Waals surface area contributed by atoms with Gasteiger partial charge in [0.2, 0.25) is 5.91 Å². The molecule has 1 aliphatic rings. The second-order valence-electron chi connectivity index (χ2n) is 5.68. The predicted octanol–water partition coefficient (Wildman–Crippen LogP) is 2.87. The Morgan fingerprint density at radius 3 is 2.60 bits per heavy atom. The summed E-state index contributed by atoms with van der Waals surface area (Å²) < 4.78 is 0. The van der Waals surface area contributed by atoms with Gasteiger partial charge in [-0.2, -0.15) is 11.8 Å². The zero-order valence-corrected chi connectivity index (χ0v) is 13.6. The van der Waals surface area contributed by atoms with Crippen LogP contribution in [0.15, 0.2) is 0 Å². The zero-order chi connectivity index (χ0) is 15.1. The summed E-state index contributed by atoms with van der Waals surface area (Å²) in [6.07, 6.45) is 3.90. The third kappa shape index (κ3) is 5.00. The summed E-state index contributed by atoms with van der Waals surface area (Å²) in [4.78, 5) is 25.4. The molecule has 0 spiro atoms. The summed E-state index contributed by atoms with van der Waals surface area (Å²) in [7, 11) is 1.86. The van der Waals surface area contributed by atoms with E-state index in [-0.39, 0.29) is 23.8 Å². The van der Waals surface area contributed by atoms with Gasteiger partial charge in [-0.15, -0.1) is 0 Å². The number of amides is 1. The molecule has 0 aromatic rings. The van der Waals surface area contributed by atoms with Crippen molar-refractivity contribution in [3.05, 3.63) is 0 Å². The summed E-state index contributed by atoms with van der Waals surface area (Å²) in [6, 6.07) is 0.228. The van der Waals surface area contributed by atoms with Gasteiger partial charge in [0, 0.05) is 19.0 Å². The Morgan fingerprint density at radius 1 is 1.35 bits per heavy atom. The molecule has 4 nitrogen and oxygen atoms in total. The number of aliphatic carboxylic acids is 1. The van der Waals surface area contributed by atoms with Crippen molar-refractivity contribution in [3.63, 3.8) is 0 Å². The van der Waals surface area contributed by atoms with Gasteiger partial charge in [0.05, 0.1) is 5.92 Å². The van der Waals surface area contributed by atoms with Crippen LogP contribution in [-0.2, 0) is 9.59 Å². The van der Waals surface area contributed by atoms with E-state index in [4.69, 9.17) is 5.11 Å². The second-order valence-corrected chi connectivity index (χ2v) is 7.08. The summed E-state index contributed by atoms with van der Waals surface area (Å²) in [6.45, 7) is 4.21. The number of carbonyl (C=O) groups is 2. The highest BCUT2D eigenvalue weighted by molar-refractivity contribution is 7.99. The minimum absolute atomic E-state index is 0.101. The first-order valence-corrected chi connectivity index (χ1v) is 8.70. The van der Waals surface area contributed by atoms with E-state index in [9.17, 15) is 9.59 Å². The van der Waals surface area contributed by atoms with Gasteiger partial charge in [0.15, 0.2) is 0 Å². The monoisotopic (exact) mass is 301 g/mol. The van der Waals surface area contributed by atoms with Gasteiger partial charge in [-0.1, -0.05) is 13.3 Å². The Morgan fingerprint density at radius 2 is 2.00 bits per heavy atom. The lowest BCUT2D eigenvalue weighted by Gasteiger charge is -2.32. The molecule has 0 heterocycles. The first kappa shape index (κ1) is 17.3. The van der Waals surface area contributed by atoms with Crippen molar-refractivity contribution in [2.45, 2.75) is 52.0 Å². The molecular formula is C15H27NO3S. The van der Waals surface area contributed by atoms with E-state index < -0.39 is 5.97 Å². The van der Waals surface area contributed by atoms with Crippen LogP contribution in [0.1, 0.15) is 46.0 Å². The van der Waals surface area contributed by atoms with Gasteiger partial charge in [-0.25, -0.2) is 0 Å². The average molecular weight is 301 g/mol. The SMILES string of the molecule is CCSCCC(C)N(C)C(=O)C1CCCC(C(=O)O)C1. The maximum atomic E-state index is 12.5. The number of carboxylic acids is 1. The molecule has 3 unspecified atom stereocenters. The van der Waals surface area contributed by atoms with Crippen molar-refractivity contribution in [1.29, 1.82) is 0 Å². The van der Waals surface area contributed by atoms with Crippen LogP contribution in [0.3, 0.4) is 0 Å². The Hall–Kier alpha value is -0.710. The van der Waals surface area contributed by atoms with E-state index in [0.29, 0.717) is 12.8 Å². The maximum absolute atomic E-state index is 12.5. The third-order valence-corrected chi connectivity index (χ3v) is 5.20. The predicted molar refractivity (Wildman–Crippen MR) is 82.9 cm³/mol. The van der Waals surface area contributed by atoms with Gasteiger partial charge in [-0.05, 0) is 44.1 Å². The standard InChI is InChI=1S/C15H27NO3S/c1-4-20-9-8-11(2)16(3)14(17)12-6-5-7-13(10-12)15(18)19/h11-13H,4-10H2,1-3H3,(H,18,19). The van der Waals surface area contributed by atoms with Crippen LogP contribution in [0.4, 0.5) is 0 Å². The Bertz CT molecular complexity index is 335. The van der Waals surface area contributed by atoms with Gasteiger partial charge >= 0.3 is 5.97 Å². The molecule has 0 bridgehead atoms. The largest absolute Gasteiger partial charge is 0.481 e. The van der Waals surface area contributed by atoms with Crippen molar-refractivity contribution < 1.29 is 14.7 Å². The minimum Gasteiger partial charge on any atom is -0.481 e. The van der Waals surface area contributed by atoms with Crippen LogP contribution in [0.5, 0.6) is 0 Å². The van der Waals surface area contributed by atoms with Gasteiger partial charge < -0.3 is 10.0 Å². The quantitative estimate of drug-likeness (QED) is 0.735. The summed E-state index contributed by atoms with van der Waals surface area (Å²) in [5.41, 5.74) is 0. The van der Waals surface area contributed by atoms with Crippen LogP contribution < -0.4 is 0 Å². The van der Waals surface area contributed by atoms with E-state index in [1.165, 1.54) is 0 Å². The summed E-state index contributed by atoms with van der Waals surface area (Å²) >= 11 is 1.89. The van der Waals surface area contributed by atoms with Gasteiger partial charge in [0.25, 0.3) is 0 Å². The highest BCUT2D eigenvalue weighted by Crippen LogP contribution is 2.30. The van der Waals surface area contributed by atoms with Crippen LogP contribution in [0.2, 0.25) is 0 Å². The molecule has 1 fully saturated rings. The third-order valence-electron chi connectivity index (χ3n) is 4.27. The molecule has 20 heavy (non-hydrogen) atoms. The van der Waals surface area contributed by atoms with Crippen molar-refractivity contribution in [2.75, 3.05) is 18.6 Å². The smallest absolute Gasteiger partial charge is 0.306 e. The van der Waals surface area contributed by atoms with E-state index in [1.807, 2.05) is 23.7 Å². The number of nitrogens with zero attached hydrogens (tertiary/aromatic N) is 1. The fourth-order valence-electron chi connectivity index (χ4n) is 2.74. The van der Waals surface area contributed by atoms with E-state index in [1.54, 1.807) is 0 Å². The van der Waals surface area contributed by atoms with Gasteiger partial charge in [-0.3, -0.25) is 9.59 Å². The van der Waals surface area contributed by atoms with Crippen LogP contribution in [0, 0.1) is 11.8 Å². The molecule has 1 amide bonds. The van der Waals surface area contributed by atoms with Crippen LogP contribution in [-0.4, -0.2) is 46.5 Å². The fraction of sp³-hybridized carbons (Fsp3) is 0.867. The van der Waals surface area contributed by atoms with Crippen molar-refractivity contribution in [3.8, 4) is 0 Å². The first-order valence-electron chi connectivity index (χ1n) is 7.54. The van der Waals surface area contributed by atoms with Gasteiger partial charge in [0.1, 0.15) is 0 Å². The highest BCUT2D eigenvalue weighted by atomic mass is 32.2. The molecule has 5 heteroatoms. The minimum atomic E-state index is -0.752. The zero-order valence-electron chi connectivity index (χ0n) is 12.8. The second kappa shape index (κ2) is 8.55. The lowest BCUT2D eigenvalue weighted by atomic mass is 9.80. The van der Waals surface area contributed by atoms with Crippen molar-refractivity contribution in [1.82, 2.24) is 4.90 Å². The van der Waals surface area contributed by atoms with Crippen molar-refractivity contribution >= 4 is 23.6 Å². The molecule has 116 valence electrons.